The Kier molecular flexibility index (Phi) is 12.1. The highest BCUT2D eigenvalue weighted by molar-refractivity contribution is 14.0. The monoisotopic (exact) mass is 559 g/mol. The lowest BCUT2D eigenvalue weighted by molar-refractivity contribution is -0.129. The third-order valence-corrected chi connectivity index (χ3v) is 5.68. The Bertz CT molecular complexity index is 727. The van der Waals surface area contributed by atoms with E-state index in [1.54, 1.807) is 0 Å². The predicted molar refractivity (Wildman–Crippen MR) is 138 cm³/mol. The van der Waals surface area contributed by atoms with Crippen LogP contribution < -0.4 is 15.4 Å². The van der Waals surface area contributed by atoms with E-state index in [0.717, 1.165) is 76.2 Å². The molecular formula is C23H38IN5O3. The number of guanidine groups is 1. The van der Waals surface area contributed by atoms with Gasteiger partial charge in [-0.3, -0.25) is 9.69 Å². The number of carbonyl (C=O) groups is 1. The summed E-state index contributed by atoms with van der Waals surface area (Å²) in [4.78, 5) is 21.0. The molecule has 1 aromatic rings. The van der Waals surface area contributed by atoms with Gasteiger partial charge in [0.1, 0.15) is 12.4 Å². The van der Waals surface area contributed by atoms with Crippen molar-refractivity contribution in [2.24, 2.45) is 4.99 Å². The second-order valence-electron chi connectivity index (χ2n) is 7.93. The van der Waals surface area contributed by atoms with Gasteiger partial charge in [0, 0.05) is 57.3 Å². The van der Waals surface area contributed by atoms with Crippen molar-refractivity contribution in [1.29, 1.82) is 0 Å². The summed E-state index contributed by atoms with van der Waals surface area (Å²) in [5.74, 6) is 1.88. The number of nitrogens with one attached hydrogen (secondary N) is 2. The average Bonchev–Trinajstić information content (AvgIpc) is 3.27. The Labute approximate surface area is 209 Å². The highest BCUT2D eigenvalue weighted by atomic mass is 127. The Morgan fingerprint density at radius 1 is 1.22 bits per heavy atom. The first-order valence-corrected chi connectivity index (χ1v) is 11.5. The van der Waals surface area contributed by atoms with Crippen LogP contribution in [0.1, 0.15) is 32.3 Å². The number of amides is 1. The largest absolute Gasteiger partial charge is 0.492 e. The van der Waals surface area contributed by atoms with E-state index in [1.165, 1.54) is 0 Å². The van der Waals surface area contributed by atoms with Crippen LogP contribution in [0.2, 0.25) is 0 Å². The van der Waals surface area contributed by atoms with Crippen LogP contribution >= 0.6 is 24.0 Å². The summed E-state index contributed by atoms with van der Waals surface area (Å²) in [5.41, 5.74) is 1.07. The minimum atomic E-state index is 0. The van der Waals surface area contributed by atoms with Gasteiger partial charge in [0.15, 0.2) is 5.96 Å². The van der Waals surface area contributed by atoms with Crippen molar-refractivity contribution in [3.05, 3.63) is 29.8 Å². The molecule has 2 aliphatic heterocycles. The number of para-hydroxylation sites is 1. The van der Waals surface area contributed by atoms with Crippen molar-refractivity contribution in [2.45, 2.75) is 39.3 Å². The number of aliphatic imine (C=N–C) groups is 1. The fourth-order valence-electron chi connectivity index (χ4n) is 3.89. The van der Waals surface area contributed by atoms with Crippen molar-refractivity contribution in [1.82, 2.24) is 20.4 Å². The van der Waals surface area contributed by atoms with E-state index in [0.29, 0.717) is 19.6 Å². The number of benzene rings is 1. The molecule has 180 valence electrons. The van der Waals surface area contributed by atoms with Gasteiger partial charge in [-0.05, 0) is 19.4 Å². The Hall–Kier alpha value is -1.59. The van der Waals surface area contributed by atoms with Crippen molar-refractivity contribution >= 4 is 35.8 Å². The fourth-order valence-corrected chi connectivity index (χ4v) is 3.89. The molecule has 8 nitrogen and oxygen atoms in total. The van der Waals surface area contributed by atoms with Crippen molar-refractivity contribution in [3.8, 4) is 5.75 Å². The average molecular weight is 559 g/mol. The molecule has 2 saturated heterocycles. The molecule has 2 heterocycles. The van der Waals surface area contributed by atoms with Crippen LogP contribution in [0, 0.1) is 0 Å². The van der Waals surface area contributed by atoms with Crippen LogP contribution in [0.5, 0.6) is 5.75 Å². The van der Waals surface area contributed by atoms with Gasteiger partial charge in [0.25, 0.3) is 0 Å². The molecule has 0 bridgehead atoms. The number of morpholine rings is 1. The lowest BCUT2D eigenvalue weighted by atomic mass is 10.2. The summed E-state index contributed by atoms with van der Waals surface area (Å²) in [6, 6.07) is 8.32. The van der Waals surface area contributed by atoms with E-state index in [-0.39, 0.29) is 35.9 Å². The summed E-state index contributed by atoms with van der Waals surface area (Å²) in [7, 11) is 0. The number of likely N-dealkylation sites (tertiary alicyclic amines) is 1. The minimum Gasteiger partial charge on any atom is -0.492 e. The molecule has 9 heteroatoms. The number of hydrogen-bond donors (Lipinski definition) is 2. The summed E-state index contributed by atoms with van der Waals surface area (Å²) in [6.07, 6.45) is 1.50. The lowest BCUT2D eigenvalue weighted by Gasteiger charge is -2.26. The molecule has 0 spiro atoms. The Morgan fingerprint density at radius 3 is 2.75 bits per heavy atom. The van der Waals surface area contributed by atoms with Gasteiger partial charge < -0.3 is 25.0 Å². The van der Waals surface area contributed by atoms with Gasteiger partial charge >= 0.3 is 0 Å². The third-order valence-electron chi connectivity index (χ3n) is 5.68. The maximum Gasteiger partial charge on any atom is 0.222 e. The Morgan fingerprint density at radius 2 is 2.00 bits per heavy atom. The topological polar surface area (TPSA) is 78.4 Å². The minimum absolute atomic E-state index is 0. The molecule has 0 radical (unpaired) electrons. The molecule has 2 fully saturated rings. The number of rotatable bonds is 9. The summed E-state index contributed by atoms with van der Waals surface area (Å²) in [5, 5.41) is 6.81. The summed E-state index contributed by atoms with van der Waals surface area (Å²) >= 11 is 0. The first-order valence-electron chi connectivity index (χ1n) is 11.5. The van der Waals surface area contributed by atoms with Crippen LogP contribution in [0.4, 0.5) is 0 Å². The van der Waals surface area contributed by atoms with Crippen LogP contribution in [-0.4, -0.2) is 86.8 Å². The molecule has 0 aromatic heterocycles. The van der Waals surface area contributed by atoms with Crippen LogP contribution in [0.25, 0.3) is 0 Å². The zero-order chi connectivity index (χ0) is 21.9. The van der Waals surface area contributed by atoms with Gasteiger partial charge in [-0.2, -0.15) is 0 Å². The number of ether oxygens (including phenoxy) is 2. The maximum atomic E-state index is 11.9. The molecule has 0 saturated carbocycles. The molecule has 32 heavy (non-hydrogen) atoms. The zero-order valence-corrected chi connectivity index (χ0v) is 21.7. The molecular weight excluding hydrogens is 521 g/mol. The van der Waals surface area contributed by atoms with Crippen LogP contribution in [0.3, 0.4) is 0 Å². The highest BCUT2D eigenvalue weighted by Crippen LogP contribution is 2.19. The second kappa shape index (κ2) is 14.5. The molecule has 2 aliphatic rings. The molecule has 1 aromatic carbocycles. The quantitative estimate of drug-likeness (QED) is 0.274. The van der Waals surface area contributed by atoms with Gasteiger partial charge in [-0.1, -0.05) is 25.1 Å². The van der Waals surface area contributed by atoms with Gasteiger partial charge in [0.05, 0.1) is 19.8 Å². The van der Waals surface area contributed by atoms with E-state index in [2.05, 4.69) is 28.5 Å². The van der Waals surface area contributed by atoms with Crippen molar-refractivity contribution in [3.63, 3.8) is 0 Å². The van der Waals surface area contributed by atoms with Crippen LogP contribution in [-0.2, 0) is 16.1 Å². The summed E-state index contributed by atoms with van der Waals surface area (Å²) < 4.78 is 11.5. The number of carbonyl (C=O) groups excluding carboxylic acids is 1. The molecule has 1 atom stereocenters. The number of halogens is 1. The smallest absolute Gasteiger partial charge is 0.222 e. The normalized spacial score (nSPS) is 19.4. The first-order chi connectivity index (χ1) is 15.2. The Balaban J connectivity index is 0.00000363. The molecule has 3 rings (SSSR count). The standard InChI is InChI=1S/C23H37N5O3.HI/c1-3-22(29)28-10-9-20(18-28)26-23(24-4-2)25-17-19-7-5-6-8-21(19)31-16-13-27-11-14-30-15-12-27;/h5-8,20H,3-4,9-18H2,1-2H3,(H2,24,25,26);1H. The van der Waals surface area contributed by atoms with Crippen molar-refractivity contribution < 1.29 is 14.3 Å². The zero-order valence-electron chi connectivity index (χ0n) is 19.3. The van der Waals surface area contributed by atoms with Crippen LogP contribution in [0.15, 0.2) is 29.3 Å². The third kappa shape index (κ3) is 8.40. The number of nitrogens with zero attached hydrogens (tertiary/aromatic N) is 3. The van der Waals surface area contributed by atoms with E-state index in [9.17, 15) is 4.79 Å². The summed E-state index contributed by atoms with van der Waals surface area (Å²) in [6.45, 7) is 11.9. The molecule has 0 aliphatic carbocycles. The molecule has 1 unspecified atom stereocenters. The SMILES string of the molecule is CCNC(=NCc1ccccc1OCCN1CCOCC1)NC1CCN(C(=O)CC)C1.I. The number of hydrogen-bond acceptors (Lipinski definition) is 5. The van der Waals surface area contributed by atoms with E-state index < -0.39 is 0 Å². The lowest BCUT2D eigenvalue weighted by Crippen LogP contribution is -2.45. The highest BCUT2D eigenvalue weighted by Gasteiger charge is 2.25. The van der Waals surface area contributed by atoms with E-state index >= 15 is 0 Å². The predicted octanol–water partition coefficient (Wildman–Crippen LogP) is 2.08. The molecule has 1 amide bonds. The maximum absolute atomic E-state index is 11.9. The van der Waals surface area contributed by atoms with E-state index in [4.69, 9.17) is 14.5 Å². The fraction of sp³-hybridized carbons (Fsp3) is 0.652. The van der Waals surface area contributed by atoms with E-state index in [1.807, 2.05) is 30.0 Å². The van der Waals surface area contributed by atoms with Gasteiger partial charge in [0.2, 0.25) is 5.91 Å². The van der Waals surface area contributed by atoms with Gasteiger partial charge in [-0.25, -0.2) is 4.99 Å². The second-order valence-corrected chi connectivity index (χ2v) is 7.93. The van der Waals surface area contributed by atoms with Crippen molar-refractivity contribution in [2.75, 3.05) is 59.1 Å². The first kappa shape index (κ1) is 26.7. The van der Waals surface area contributed by atoms with Gasteiger partial charge in [-0.15, -0.1) is 24.0 Å². The molecule has 2 N–H and O–H groups in total.